The van der Waals surface area contributed by atoms with Gasteiger partial charge in [-0.1, -0.05) is 17.7 Å². The fraction of sp³-hybridized carbons (Fsp3) is 0.231. The summed E-state index contributed by atoms with van der Waals surface area (Å²) in [5, 5.41) is 6.91. The topological polar surface area (TPSA) is 46.9 Å². The number of aromatic nitrogens is 2. The number of amides is 1. The van der Waals surface area contributed by atoms with E-state index in [9.17, 15) is 4.79 Å². The van der Waals surface area contributed by atoms with Gasteiger partial charge in [-0.3, -0.25) is 9.48 Å². The fourth-order valence-corrected chi connectivity index (χ4v) is 1.51. The number of benzene rings is 1. The highest BCUT2D eigenvalue weighted by atomic mass is 16.2. The summed E-state index contributed by atoms with van der Waals surface area (Å²) in [7, 11) is 0. The molecule has 2 rings (SSSR count). The molecule has 1 atom stereocenters. The molecule has 0 spiro atoms. The van der Waals surface area contributed by atoms with E-state index in [0.717, 1.165) is 5.69 Å². The molecule has 1 aromatic heterocycles. The number of nitrogens with zero attached hydrogens (tertiary/aromatic N) is 2. The molecule has 0 fully saturated rings. The molecule has 1 unspecified atom stereocenters. The quantitative estimate of drug-likeness (QED) is 0.878. The Morgan fingerprint density at radius 2 is 2.06 bits per heavy atom. The van der Waals surface area contributed by atoms with Crippen LogP contribution in [0.4, 0.5) is 5.69 Å². The lowest BCUT2D eigenvalue weighted by Gasteiger charge is -2.12. The van der Waals surface area contributed by atoms with Crippen molar-refractivity contribution in [1.29, 1.82) is 0 Å². The third-order valence-electron chi connectivity index (χ3n) is 2.62. The molecule has 1 heterocycles. The molecule has 0 saturated carbocycles. The maximum atomic E-state index is 11.9. The Labute approximate surface area is 100 Å². The number of aryl methyl sites for hydroxylation is 1. The van der Waals surface area contributed by atoms with Gasteiger partial charge in [-0.25, -0.2) is 0 Å². The van der Waals surface area contributed by atoms with Gasteiger partial charge >= 0.3 is 0 Å². The van der Waals surface area contributed by atoms with E-state index in [1.807, 2.05) is 38.1 Å². The first-order chi connectivity index (χ1) is 8.16. The van der Waals surface area contributed by atoms with Crippen molar-refractivity contribution in [1.82, 2.24) is 9.78 Å². The smallest absolute Gasteiger partial charge is 0.248 e. The Bertz CT molecular complexity index is 488. The van der Waals surface area contributed by atoms with Crippen LogP contribution in [0.2, 0.25) is 0 Å². The molecule has 0 aliphatic rings. The van der Waals surface area contributed by atoms with Crippen LogP contribution in [0, 0.1) is 6.92 Å². The van der Waals surface area contributed by atoms with E-state index in [1.165, 1.54) is 5.56 Å². The lowest BCUT2D eigenvalue weighted by Crippen LogP contribution is -2.23. The van der Waals surface area contributed by atoms with E-state index < -0.39 is 0 Å². The molecule has 17 heavy (non-hydrogen) atoms. The van der Waals surface area contributed by atoms with Crippen LogP contribution in [0.5, 0.6) is 0 Å². The average molecular weight is 229 g/mol. The van der Waals surface area contributed by atoms with Crippen molar-refractivity contribution in [2.45, 2.75) is 19.9 Å². The number of anilines is 1. The average Bonchev–Trinajstić information content (AvgIpc) is 2.84. The first-order valence-corrected chi connectivity index (χ1v) is 5.53. The van der Waals surface area contributed by atoms with Gasteiger partial charge in [-0.2, -0.15) is 5.10 Å². The number of rotatable bonds is 3. The molecule has 88 valence electrons. The molecular formula is C13H15N3O. The summed E-state index contributed by atoms with van der Waals surface area (Å²) in [6.07, 6.45) is 3.44. The third kappa shape index (κ3) is 2.72. The summed E-state index contributed by atoms with van der Waals surface area (Å²) >= 11 is 0. The van der Waals surface area contributed by atoms with Crippen molar-refractivity contribution >= 4 is 11.6 Å². The minimum atomic E-state index is -0.314. The standard InChI is InChI=1S/C13H15N3O/c1-10-4-6-12(7-5-10)15-13(17)11(2)16-9-3-8-14-16/h3-9,11H,1-2H3,(H,15,17). The van der Waals surface area contributed by atoms with Crippen molar-refractivity contribution in [3.8, 4) is 0 Å². The molecule has 0 bridgehead atoms. The van der Waals surface area contributed by atoms with Gasteiger partial charge in [0, 0.05) is 18.1 Å². The van der Waals surface area contributed by atoms with Gasteiger partial charge in [-0.05, 0) is 32.0 Å². The van der Waals surface area contributed by atoms with Gasteiger partial charge in [0.25, 0.3) is 0 Å². The van der Waals surface area contributed by atoms with Crippen molar-refractivity contribution < 1.29 is 4.79 Å². The second kappa shape index (κ2) is 4.82. The summed E-state index contributed by atoms with van der Waals surface area (Å²) in [5.74, 6) is -0.0717. The Balaban J connectivity index is 2.04. The lowest BCUT2D eigenvalue weighted by molar-refractivity contribution is -0.119. The monoisotopic (exact) mass is 229 g/mol. The Kier molecular flexibility index (Phi) is 3.23. The SMILES string of the molecule is Cc1ccc(NC(=O)C(C)n2cccn2)cc1. The molecule has 1 N–H and O–H groups in total. The second-order valence-corrected chi connectivity index (χ2v) is 4.02. The normalized spacial score (nSPS) is 12.1. The van der Waals surface area contributed by atoms with Crippen LogP contribution >= 0.6 is 0 Å². The van der Waals surface area contributed by atoms with Crippen molar-refractivity contribution in [2.24, 2.45) is 0 Å². The summed E-state index contributed by atoms with van der Waals surface area (Å²) in [6.45, 7) is 3.83. The van der Waals surface area contributed by atoms with Gasteiger partial charge in [-0.15, -0.1) is 0 Å². The number of carbonyl (C=O) groups excluding carboxylic acids is 1. The van der Waals surface area contributed by atoms with E-state index in [-0.39, 0.29) is 11.9 Å². The first kappa shape index (κ1) is 11.4. The van der Waals surface area contributed by atoms with Gasteiger partial charge in [0.1, 0.15) is 6.04 Å². The minimum Gasteiger partial charge on any atom is -0.324 e. The van der Waals surface area contributed by atoms with E-state index in [2.05, 4.69) is 10.4 Å². The number of hydrogen-bond acceptors (Lipinski definition) is 2. The maximum Gasteiger partial charge on any atom is 0.248 e. The third-order valence-corrected chi connectivity index (χ3v) is 2.62. The van der Waals surface area contributed by atoms with Crippen LogP contribution in [-0.4, -0.2) is 15.7 Å². The van der Waals surface area contributed by atoms with Crippen LogP contribution in [0.1, 0.15) is 18.5 Å². The van der Waals surface area contributed by atoms with Crippen LogP contribution in [-0.2, 0) is 4.79 Å². The molecule has 0 aliphatic carbocycles. The van der Waals surface area contributed by atoms with Crippen LogP contribution < -0.4 is 5.32 Å². The molecule has 0 aliphatic heterocycles. The van der Waals surface area contributed by atoms with Crippen molar-refractivity contribution in [3.05, 3.63) is 48.3 Å². The number of nitrogens with one attached hydrogen (secondary N) is 1. The summed E-state index contributed by atoms with van der Waals surface area (Å²) in [4.78, 5) is 11.9. The van der Waals surface area contributed by atoms with Crippen LogP contribution in [0.25, 0.3) is 0 Å². The molecule has 4 heteroatoms. The van der Waals surface area contributed by atoms with Gasteiger partial charge < -0.3 is 5.32 Å². The molecule has 0 radical (unpaired) electrons. The summed E-state index contributed by atoms with van der Waals surface area (Å²) in [5.41, 5.74) is 1.97. The zero-order valence-corrected chi connectivity index (χ0v) is 9.92. The second-order valence-electron chi connectivity index (χ2n) is 4.02. The molecule has 4 nitrogen and oxygen atoms in total. The number of carbonyl (C=O) groups is 1. The highest BCUT2D eigenvalue weighted by Crippen LogP contribution is 2.12. The van der Waals surface area contributed by atoms with E-state index in [1.54, 1.807) is 23.1 Å². The van der Waals surface area contributed by atoms with Crippen LogP contribution in [0.3, 0.4) is 0 Å². The summed E-state index contributed by atoms with van der Waals surface area (Å²) in [6, 6.07) is 9.20. The van der Waals surface area contributed by atoms with Crippen LogP contribution in [0.15, 0.2) is 42.7 Å². The fourth-order valence-electron chi connectivity index (χ4n) is 1.51. The first-order valence-electron chi connectivity index (χ1n) is 5.53. The van der Waals surface area contributed by atoms with Gasteiger partial charge in [0.05, 0.1) is 0 Å². The lowest BCUT2D eigenvalue weighted by atomic mass is 10.2. The van der Waals surface area contributed by atoms with E-state index in [0.29, 0.717) is 0 Å². The minimum absolute atomic E-state index is 0.0717. The van der Waals surface area contributed by atoms with Gasteiger partial charge in [0.2, 0.25) is 5.91 Å². The predicted molar refractivity (Wildman–Crippen MR) is 66.7 cm³/mol. The molecule has 1 aromatic carbocycles. The Hall–Kier alpha value is -2.10. The molecular weight excluding hydrogens is 214 g/mol. The van der Waals surface area contributed by atoms with E-state index in [4.69, 9.17) is 0 Å². The predicted octanol–water partition coefficient (Wildman–Crippen LogP) is 2.39. The number of hydrogen-bond donors (Lipinski definition) is 1. The zero-order chi connectivity index (χ0) is 12.3. The summed E-state index contributed by atoms with van der Waals surface area (Å²) < 4.78 is 1.63. The van der Waals surface area contributed by atoms with Crippen molar-refractivity contribution in [2.75, 3.05) is 5.32 Å². The molecule has 2 aromatic rings. The largest absolute Gasteiger partial charge is 0.324 e. The van der Waals surface area contributed by atoms with E-state index >= 15 is 0 Å². The van der Waals surface area contributed by atoms with Crippen molar-refractivity contribution in [3.63, 3.8) is 0 Å². The maximum absolute atomic E-state index is 11.9. The highest BCUT2D eigenvalue weighted by molar-refractivity contribution is 5.93. The van der Waals surface area contributed by atoms with Gasteiger partial charge in [0.15, 0.2) is 0 Å². The Morgan fingerprint density at radius 1 is 1.35 bits per heavy atom. The molecule has 0 saturated heterocycles. The molecule has 1 amide bonds. The highest BCUT2D eigenvalue weighted by Gasteiger charge is 2.14. The zero-order valence-electron chi connectivity index (χ0n) is 9.92. The Morgan fingerprint density at radius 3 is 2.65 bits per heavy atom.